The first-order chi connectivity index (χ1) is 9.34. The second-order valence-corrected chi connectivity index (χ2v) is 4.80. The van der Waals surface area contributed by atoms with Gasteiger partial charge in [-0.3, -0.25) is 14.9 Å². The Morgan fingerprint density at radius 1 is 1.60 bits per heavy atom. The van der Waals surface area contributed by atoms with Crippen LogP contribution in [-0.4, -0.2) is 52.1 Å². The lowest BCUT2D eigenvalue weighted by Gasteiger charge is -2.27. The van der Waals surface area contributed by atoms with Gasteiger partial charge in [-0.2, -0.15) is 5.10 Å². The van der Waals surface area contributed by atoms with Gasteiger partial charge in [-0.25, -0.2) is 4.68 Å². The van der Waals surface area contributed by atoms with Crippen LogP contribution in [0.15, 0.2) is 0 Å². The molecule has 0 saturated carbocycles. The summed E-state index contributed by atoms with van der Waals surface area (Å²) >= 11 is 0. The minimum atomic E-state index is -0.971. The highest BCUT2D eigenvalue weighted by Gasteiger charge is 2.40. The number of rotatable bonds is 4. The van der Waals surface area contributed by atoms with Crippen molar-refractivity contribution in [3.63, 3.8) is 0 Å². The van der Waals surface area contributed by atoms with Gasteiger partial charge in [0.15, 0.2) is 0 Å². The van der Waals surface area contributed by atoms with Crippen LogP contribution in [0.4, 0.5) is 11.5 Å². The van der Waals surface area contributed by atoms with Crippen LogP contribution in [0.3, 0.4) is 0 Å². The first-order valence-corrected chi connectivity index (χ1v) is 6.06. The number of aromatic nitrogens is 2. The summed E-state index contributed by atoms with van der Waals surface area (Å²) in [6, 6.07) is -0.457. The molecule has 2 rings (SSSR count). The lowest BCUT2D eigenvalue weighted by atomic mass is 10.0. The molecule has 0 spiro atoms. The van der Waals surface area contributed by atoms with Crippen LogP contribution in [0.2, 0.25) is 0 Å². The number of nitrogens with zero attached hydrogens (tertiary/aromatic N) is 4. The Hall–Kier alpha value is -2.16. The van der Waals surface area contributed by atoms with Crippen molar-refractivity contribution >= 4 is 17.5 Å². The summed E-state index contributed by atoms with van der Waals surface area (Å²) < 4.78 is 6.59. The number of aryl methyl sites for hydroxylation is 2. The summed E-state index contributed by atoms with van der Waals surface area (Å²) in [5.74, 6) is -1.40. The molecule has 0 aliphatic carbocycles. The molecule has 9 heteroatoms. The van der Waals surface area contributed by atoms with E-state index in [0.717, 1.165) is 0 Å². The molecule has 0 bridgehead atoms. The van der Waals surface area contributed by atoms with E-state index in [2.05, 4.69) is 5.10 Å². The number of carboxylic acids is 1. The summed E-state index contributed by atoms with van der Waals surface area (Å²) in [6.07, 6.45) is 0. The average molecular weight is 284 g/mol. The maximum Gasteiger partial charge on any atom is 0.333 e. The zero-order valence-corrected chi connectivity index (χ0v) is 11.4. The maximum atomic E-state index is 11.2. The topological polar surface area (TPSA) is 111 Å². The summed E-state index contributed by atoms with van der Waals surface area (Å²) in [4.78, 5) is 23.4. The molecule has 2 unspecified atom stereocenters. The normalized spacial score (nSPS) is 21.9. The fourth-order valence-corrected chi connectivity index (χ4v) is 2.56. The molecule has 0 aromatic carbocycles. The van der Waals surface area contributed by atoms with Crippen molar-refractivity contribution in [3.05, 3.63) is 15.8 Å². The zero-order chi connectivity index (χ0) is 15.0. The molecule has 110 valence electrons. The van der Waals surface area contributed by atoms with Gasteiger partial charge in [0, 0.05) is 14.1 Å². The van der Waals surface area contributed by atoms with Crippen molar-refractivity contribution in [1.29, 1.82) is 0 Å². The van der Waals surface area contributed by atoms with Crippen LogP contribution in [0.25, 0.3) is 0 Å². The van der Waals surface area contributed by atoms with E-state index in [9.17, 15) is 14.9 Å². The molecule has 1 N–H and O–H groups in total. The van der Waals surface area contributed by atoms with Gasteiger partial charge in [0.05, 0.1) is 24.2 Å². The number of hydrogen-bond donors (Lipinski definition) is 1. The van der Waals surface area contributed by atoms with Crippen LogP contribution >= 0.6 is 0 Å². The Morgan fingerprint density at radius 2 is 2.25 bits per heavy atom. The highest BCUT2D eigenvalue weighted by Crippen LogP contribution is 2.33. The van der Waals surface area contributed by atoms with Crippen LogP contribution < -0.4 is 4.90 Å². The SMILES string of the molecule is Cc1nn(C)c(N(C)C2COCC2C(=O)O)c1[N+](=O)[O-]. The minimum absolute atomic E-state index is 0.106. The van der Waals surface area contributed by atoms with Crippen LogP contribution in [0.5, 0.6) is 0 Å². The molecule has 1 aromatic rings. The number of carboxylic acid groups (broad SMARTS) is 1. The molecule has 1 fully saturated rings. The average Bonchev–Trinajstić information content (AvgIpc) is 2.92. The predicted molar refractivity (Wildman–Crippen MR) is 68.7 cm³/mol. The van der Waals surface area contributed by atoms with E-state index in [4.69, 9.17) is 9.84 Å². The molecule has 2 atom stereocenters. The Morgan fingerprint density at radius 3 is 2.80 bits per heavy atom. The van der Waals surface area contributed by atoms with E-state index in [0.29, 0.717) is 5.69 Å². The second-order valence-electron chi connectivity index (χ2n) is 4.80. The van der Waals surface area contributed by atoms with Gasteiger partial charge in [0.1, 0.15) is 11.6 Å². The van der Waals surface area contributed by atoms with Gasteiger partial charge in [-0.05, 0) is 6.92 Å². The second kappa shape index (κ2) is 5.08. The lowest BCUT2D eigenvalue weighted by Crippen LogP contribution is -2.42. The van der Waals surface area contributed by atoms with Gasteiger partial charge in [-0.1, -0.05) is 0 Å². The molecular weight excluding hydrogens is 268 g/mol. The maximum absolute atomic E-state index is 11.2. The first-order valence-electron chi connectivity index (χ1n) is 6.06. The van der Waals surface area contributed by atoms with Gasteiger partial charge < -0.3 is 14.7 Å². The summed E-state index contributed by atoms with van der Waals surface area (Å²) in [5, 5.41) is 24.4. The zero-order valence-electron chi connectivity index (χ0n) is 11.4. The largest absolute Gasteiger partial charge is 0.481 e. The quantitative estimate of drug-likeness (QED) is 0.619. The first kappa shape index (κ1) is 14.3. The Kier molecular flexibility index (Phi) is 3.62. The van der Waals surface area contributed by atoms with Crippen molar-refractivity contribution in [1.82, 2.24) is 9.78 Å². The van der Waals surface area contributed by atoms with E-state index in [1.54, 1.807) is 25.9 Å². The summed E-state index contributed by atoms with van der Waals surface area (Å²) in [7, 11) is 3.22. The number of anilines is 1. The highest BCUT2D eigenvalue weighted by molar-refractivity contribution is 5.73. The van der Waals surface area contributed by atoms with Crippen molar-refractivity contribution in [2.45, 2.75) is 13.0 Å². The van der Waals surface area contributed by atoms with Crippen molar-refractivity contribution in [3.8, 4) is 0 Å². The number of hydrogen-bond acceptors (Lipinski definition) is 6. The molecule has 20 heavy (non-hydrogen) atoms. The van der Waals surface area contributed by atoms with Crippen molar-refractivity contribution in [2.24, 2.45) is 13.0 Å². The smallest absolute Gasteiger partial charge is 0.333 e. The van der Waals surface area contributed by atoms with E-state index in [1.807, 2.05) is 0 Å². The molecular formula is C11H16N4O5. The third kappa shape index (κ3) is 2.20. The number of aliphatic carboxylic acids is 1. The fraction of sp³-hybridized carbons (Fsp3) is 0.636. The van der Waals surface area contributed by atoms with Gasteiger partial charge in [0.2, 0.25) is 5.82 Å². The molecule has 1 aliphatic heterocycles. The lowest BCUT2D eigenvalue weighted by molar-refractivity contribution is -0.384. The van der Waals surface area contributed by atoms with Crippen LogP contribution in [-0.2, 0) is 16.6 Å². The van der Waals surface area contributed by atoms with E-state index in [-0.39, 0.29) is 24.7 Å². The van der Waals surface area contributed by atoms with Crippen LogP contribution in [0, 0.1) is 23.0 Å². The summed E-state index contributed by atoms with van der Waals surface area (Å²) in [5.41, 5.74) is 0.191. The molecule has 9 nitrogen and oxygen atoms in total. The van der Waals surface area contributed by atoms with Crippen LogP contribution in [0.1, 0.15) is 5.69 Å². The Balaban J connectivity index is 2.41. The van der Waals surface area contributed by atoms with E-state index < -0.39 is 22.9 Å². The van der Waals surface area contributed by atoms with Gasteiger partial charge >= 0.3 is 11.7 Å². The standard InChI is InChI=1S/C11H16N4O5/c1-6-9(15(18)19)10(14(3)12-6)13(2)8-5-20-4-7(8)11(16)17/h7-8H,4-5H2,1-3H3,(H,16,17). The molecule has 0 amide bonds. The monoisotopic (exact) mass is 284 g/mol. The van der Waals surface area contributed by atoms with E-state index in [1.165, 1.54) is 4.68 Å². The molecule has 1 aliphatic rings. The molecule has 1 saturated heterocycles. The molecule has 1 aromatic heterocycles. The number of nitro groups is 1. The van der Waals surface area contributed by atoms with Gasteiger partial charge in [0.25, 0.3) is 0 Å². The third-order valence-electron chi connectivity index (χ3n) is 3.54. The van der Waals surface area contributed by atoms with E-state index >= 15 is 0 Å². The minimum Gasteiger partial charge on any atom is -0.481 e. The Labute approximate surface area is 114 Å². The number of likely N-dealkylation sites (N-methyl/N-ethyl adjacent to an activating group) is 1. The predicted octanol–water partition coefficient (Wildman–Crippen LogP) is 0.173. The van der Waals surface area contributed by atoms with Crippen molar-refractivity contribution in [2.75, 3.05) is 25.2 Å². The molecule has 2 heterocycles. The van der Waals surface area contributed by atoms with Crippen molar-refractivity contribution < 1.29 is 19.6 Å². The number of carbonyl (C=O) groups is 1. The summed E-state index contributed by atoms with van der Waals surface area (Å²) in [6.45, 7) is 1.87. The number of ether oxygens (including phenoxy) is 1. The fourth-order valence-electron chi connectivity index (χ4n) is 2.56. The highest BCUT2D eigenvalue weighted by atomic mass is 16.6. The molecule has 0 radical (unpaired) electrons. The third-order valence-corrected chi connectivity index (χ3v) is 3.54. The Bertz CT molecular complexity index is 555. The van der Waals surface area contributed by atoms with Gasteiger partial charge in [-0.15, -0.1) is 0 Å².